The summed E-state index contributed by atoms with van der Waals surface area (Å²) in [5.41, 5.74) is 3.75. The lowest BCUT2D eigenvalue weighted by Gasteiger charge is -2.25. The Hall–Kier alpha value is -0.670. The molecule has 0 saturated heterocycles. The van der Waals surface area contributed by atoms with Gasteiger partial charge in [0.2, 0.25) is 0 Å². The van der Waals surface area contributed by atoms with Crippen LogP contribution in [-0.4, -0.2) is 31.9 Å². The number of methoxy groups -OCH3 is 1. The Labute approximate surface area is 110 Å². The molecule has 0 aromatic heterocycles. The zero-order valence-electron chi connectivity index (χ0n) is 11.4. The molecular weight excluding hydrogens is 230 g/mol. The molecule has 0 spiro atoms. The molecule has 1 rings (SSSR count). The van der Waals surface area contributed by atoms with Crippen molar-refractivity contribution < 1.29 is 4.74 Å². The number of hydrogen-bond acceptors (Lipinski definition) is 3. The van der Waals surface area contributed by atoms with E-state index >= 15 is 0 Å². The van der Waals surface area contributed by atoms with E-state index in [1.807, 2.05) is 0 Å². The maximum atomic E-state index is 5.40. The molecule has 0 aliphatic rings. The van der Waals surface area contributed by atoms with Crippen LogP contribution in [-0.2, 0) is 0 Å². The molecule has 3 heteroatoms. The molecule has 1 aromatic carbocycles. The standard InChI is InChI=1S/C14H23NOS/c1-10-8-12(9-11(2)14(10)16-5)13(6-7-17)15(3)4/h8-9,13,17H,6-7H2,1-5H3. The van der Waals surface area contributed by atoms with E-state index in [-0.39, 0.29) is 0 Å². The van der Waals surface area contributed by atoms with E-state index < -0.39 is 0 Å². The van der Waals surface area contributed by atoms with Crippen molar-refractivity contribution in [2.24, 2.45) is 0 Å². The first-order valence-corrected chi connectivity index (χ1v) is 6.57. The number of aryl methyl sites for hydroxylation is 2. The zero-order chi connectivity index (χ0) is 13.0. The van der Waals surface area contributed by atoms with E-state index in [9.17, 15) is 0 Å². The van der Waals surface area contributed by atoms with Gasteiger partial charge in [-0.3, -0.25) is 0 Å². The van der Waals surface area contributed by atoms with E-state index in [0.717, 1.165) is 17.9 Å². The van der Waals surface area contributed by atoms with Crippen molar-refractivity contribution in [3.05, 3.63) is 28.8 Å². The van der Waals surface area contributed by atoms with E-state index in [1.165, 1.54) is 16.7 Å². The van der Waals surface area contributed by atoms with Crippen molar-refractivity contribution in [1.82, 2.24) is 4.90 Å². The molecular formula is C14H23NOS. The molecule has 0 aliphatic carbocycles. The van der Waals surface area contributed by atoms with E-state index in [1.54, 1.807) is 7.11 Å². The van der Waals surface area contributed by atoms with Gasteiger partial charge >= 0.3 is 0 Å². The van der Waals surface area contributed by atoms with Crippen LogP contribution in [0.4, 0.5) is 0 Å². The zero-order valence-corrected chi connectivity index (χ0v) is 12.3. The summed E-state index contributed by atoms with van der Waals surface area (Å²) in [7, 11) is 5.96. The van der Waals surface area contributed by atoms with Crippen LogP contribution in [0.5, 0.6) is 5.75 Å². The molecule has 0 saturated carbocycles. The Morgan fingerprint density at radius 2 is 1.76 bits per heavy atom. The number of thiol groups is 1. The molecule has 0 radical (unpaired) electrons. The fourth-order valence-corrected chi connectivity index (χ4v) is 2.59. The number of ether oxygens (including phenoxy) is 1. The Balaban J connectivity index is 3.13. The monoisotopic (exact) mass is 253 g/mol. The van der Waals surface area contributed by atoms with Crippen LogP contribution in [0.15, 0.2) is 12.1 Å². The maximum absolute atomic E-state index is 5.40. The second kappa shape index (κ2) is 6.31. The third kappa shape index (κ3) is 3.39. The first-order valence-electron chi connectivity index (χ1n) is 5.93. The smallest absolute Gasteiger partial charge is 0.124 e. The minimum Gasteiger partial charge on any atom is -0.496 e. The topological polar surface area (TPSA) is 12.5 Å². The largest absolute Gasteiger partial charge is 0.496 e. The summed E-state index contributed by atoms with van der Waals surface area (Å²) in [6, 6.07) is 4.87. The summed E-state index contributed by atoms with van der Waals surface area (Å²) < 4.78 is 5.40. The average molecular weight is 253 g/mol. The second-order valence-electron chi connectivity index (χ2n) is 4.68. The third-order valence-electron chi connectivity index (χ3n) is 3.10. The van der Waals surface area contributed by atoms with Crippen LogP contribution in [0.1, 0.15) is 29.2 Å². The van der Waals surface area contributed by atoms with Gasteiger partial charge in [-0.05, 0) is 56.8 Å². The van der Waals surface area contributed by atoms with Gasteiger partial charge in [-0.25, -0.2) is 0 Å². The van der Waals surface area contributed by atoms with Gasteiger partial charge in [0.1, 0.15) is 5.75 Å². The molecule has 17 heavy (non-hydrogen) atoms. The van der Waals surface area contributed by atoms with Gasteiger partial charge in [-0.15, -0.1) is 0 Å². The first-order chi connectivity index (χ1) is 8.01. The van der Waals surface area contributed by atoms with Crippen LogP contribution < -0.4 is 4.74 Å². The van der Waals surface area contributed by atoms with E-state index in [4.69, 9.17) is 4.74 Å². The normalized spacial score (nSPS) is 12.9. The highest BCUT2D eigenvalue weighted by atomic mass is 32.1. The van der Waals surface area contributed by atoms with E-state index in [0.29, 0.717) is 6.04 Å². The fourth-order valence-electron chi connectivity index (χ4n) is 2.34. The number of rotatable bonds is 5. The molecule has 0 bridgehead atoms. The van der Waals surface area contributed by atoms with Gasteiger partial charge in [-0.1, -0.05) is 12.1 Å². The predicted octanol–water partition coefficient (Wildman–Crippen LogP) is 3.23. The Morgan fingerprint density at radius 1 is 1.24 bits per heavy atom. The van der Waals surface area contributed by atoms with Crippen LogP contribution >= 0.6 is 12.6 Å². The van der Waals surface area contributed by atoms with Gasteiger partial charge in [0.15, 0.2) is 0 Å². The van der Waals surface area contributed by atoms with E-state index in [2.05, 4.69) is 57.6 Å². The summed E-state index contributed by atoms with van der Waals surface area (Å²) in [4.78, 5) is 2.25. The lowest BCUT2D eigenvalue weighted by Crippen LogP contribution is -2.20. The van der Waals surface area contributed by atoms with Gasteiger partial charge in [0.05, 0.1) is 7.11 Å². The lowest BCUT2D eigenvalue weighted by atomic mass is 9.98. The van der Waals surface area contributed by atoms with Crippen LogP contribution in [0.25, 0.3) is 0 Å². The third-order valence-corrected chi connectivity index (χ3v) is 3.36. The maximum Gasteiger partial charge on any atom is 0.124 e. The molecule has 96 valence electrons. The highest BCUT2D eigenvalue weighted by Gasteiger charge is 2.15. The minimum atomic E-state index is 0.427. The number of hydrogen-bond donors (Lipinski definition) is 1. The summed E-state index contributed by atoms with van der Waals surface area (Å²) in [5.74, 6) is 1.89. The molecule has 1 atom stereocenters. The molecule has 1 unspecified atom stereocenters. The molecule has 1 aromatic rings. The van der Waals surface area contributed by atoms with Crippen molar-refractivity contribution in [3.8, 4) is 5.75 Å². The van der Waals surface area contributed by atoms with Gasteiger partial charge < -0.3 is 9.64 Å². The molecule has 0 amide bonds. The van der Waals surface area contributed by atoms with Crippen LogP contribution in [0.2, 0.25) is 0 Å². The highest BCUT2D eigenvalue weighted by molar-refractivity contribution is 7.80. The molecule has 0 N–H and O–H groups in total. The fraction of sp³-hybridized carbons (Fsp3) is 0.571. The second-order valence-corrected chi connectivity index (χ2v) is 5.13. The predicted molar refractivity (Wildman–Crippen MR) is 77.4 cm³/mol. The summed E-state index contributed by atoms with van der Waals surface area (Å²) in [6.07, 6.45) is 1.06. The molecule has 0 aliphatic heterocycles. The van der Waals surface area contributed by atoms with Crippen molar-refractivity contribution in [2.45, 2.75) is 26.3 Å². The Kier molecular flexibility index (Phi) is 5.34. The van der Waals surface area contributed by atoms with Crippen molar-refractivity contribution in [3.63, 3.8) is 0 Å². The van der Waals surface area contributed by atoms with Gasteiger partial charge in [-0.2, -0.15) is 12.6 Å². The Morgan fingerprint density at radius 3 is 2.12 bits per heavy atom. The van der Waals surface area contributed by atoms with Gasteiger partial charge in [0.25, 0.3) is 0 Å². The summed E-state index contributed by atoms with van der Waals surface area (Å²) >= 11 is 4.34. The quantitative estimate of drug-likeness (QED) is 0.809. The van der Waals surface area contributed by atoms with Crippen molar-refractivity contribution >= 4 is 12.6 Å². The number of nitrogens with zero attached hydrogens (tertiary/aromatic N) is 1. The first kappa shape index (κ1) is 14.4. The SMILES string of the molecule is COc1c(C)cc(C(CCS)N(C)C)cc1C. The summed E-state index contributed by atoms with van der Waals surface area (Å²) in [6.45, 7) is 4.20. The van der Waals surface area contributed by atoms with Crippen molar-refractivity contribution in [2.75, 3.05) is 27.0 Å². The molecule has 0 fully saturated rings. The van der Waals surface area contributed by atoms with Crippen LogP contribution in [0, 0.1) is 13.8 Å². The van der Waals surface area contributed by atoms with Crippen molar-refractivity contribution in [1.29, 1.82) is 0 Å². The highest BCUT2D eigenvalue weighted by Crippen LogP contribution is 2.30. The Bertz CT molecular complexity index is 353. The minimum absolute atomic E-state index is 0.427. The van der Waals surface area contributed by atoms with Crippen LogP contribution in [0.3, 0.4) is 0 Å². The van der Waals surface area contributed by atoms with Gasteiger partial charge in [0, 0.05) is 6.04 Å². The number of benzene rings is 1. The lowest BCUT2D eigenvalue weighted by molar-refractivity contribution is 0.293. The summed E-state index contributed by atoms with van der Waals surface area (Å²) in [5, 5.41) is 0. The molecule has 2 nitrogen and oxygen atoms in total. The molecule has 0 heterocycles. The average Bonchev–Trinajstić information content (AvgIpc) is 2.24.